The van der Waals surface area contributed by atoms with Crippen LogP contribution in [0.15, 0.2) is 58.3 Å². The summed E-state index contributed by atoms with van der Waals surface area (Å²) in [6, 6.07) is 10.8. The fourth-order valence-corrected chi connectivity index (χ4v) is 5.28. The number of halogens is 1. The number of nitrogens with zero attached hydrogens (tertiary/aromatic N) is 7. The number of aromatic nitrogens is 8. The lowest BCUT2D eigenvalue weighted by Gasteiger charge is -2.15. The van der Waals surface area contributed by atoms with Gasteiger partial charge >= 0.3 is 0 Å². The fraction of sp³-hybridized carbons (Fsp3) is 0.143. The van der Waals surface area contributed by atoms with Crippen molar-refractivity contribution in [1.29, 1.82) is 0 Å². The van der Waals surface area contributed by atoms with Crippen LogP contribution in [0, 0.1) is 5.82 Å². The summed E-state index contributed by atoms with van der Waals surface area (Å²) in [4.78, 5) is 54.1. The van der Waals surface area contributed by atoms with E-state index in [-0.39, 0.29) is 46.7 Å². The van der Waals surface area contributed by atoms with E-state index in [0.717, 1.165) is 29.2 Å². The molecular formula is C28H22FN12O4+. The molecule has 0 fully saturated rings. The number of anilines is 2. The smallest absolute Gasteiger partial charge is 0.290 e. The Hall–Kier alpha value is -6.23. The van der Waals surface area contributed by atoms with Gasteiger partial charge in [-0.05, 0) is 52.9 Å². The molecule has 0 aliphatic heterocycles. The van der Waals surface area contributed by atoms with E-state index >= 15 is 0 Å². The van der Waals surface area contributed by atoms with Crippen LogP contribution >= 0.6 is 0 Å². The number of carbonyl (C=O) groups excluding carboxylic acids is 2. The average Bonchev–Trinajstić information content (AvgIpc) is 3.84. The molecule has 7 rings (SSSR count). The first kappa shape index (κ1) is 27.6. The van der Waals surface area contributed by atoms with Gasteiger partial charge in [0, 0.05) is 18.2 Å². The highest BCUT2D eigenvalue weighted by Crippen LogP contribution is 2.33. The molecule has 17 heteroatoms. The normalized spacial score (nSPS) is 14.0. The summed E-state index contributed by atoms with van der Waals surface area (Å²) in [6.45, 7) is -0.0342. The number of carbonyl (C=O) groups is 2. The third-order valence-electron chi connectivity index (χ3n) is 7.62. The van der Waals surface area contributed by atoms with Crippen molar-refractivity contribution in [1.82, 2.24) is 51.1 Å². The summed E-state index contributed by atoms with van der Waals surface area (Å²) in [7, 11) is 0. The Balaban J connectivity index is 1.07. The van der Waals surface area contributed by atoms with Gasteiger partial charge in [0.05, 0.1) is 17.9 Å². The first-order chi connectivity index (χ1) is 21.8. The number of hydrogen-bond donors (Lipinski definition) is 5. The molecule has 6 aromatic rings. The highest BCUT2D eigenvalue weighted by Gasteiger charge is 2.27. The number of rotatable bonds is 8. The summed E-state index contributed by atoms with van der Waals surface area (Å²) < 4.78 is 15.6. The maximum atomic E-state index is 14.4. The van der Waals surface area contributed by atoms with Gasteiger partial charge < -0.3 is 21.7 Å². The van der Waals surface area contributed by atoms with Crippen molar-refractivity contribution in [3.8, 4) is 11.4 Å². The van der Waals surface area contributed by atoms with Gasteiger partial charge in [-0.2, -0.15) is 9.73 Å². The van der Waals surface area contributed by atoms with Crippen molar-refractivity contribution in [3.63, 3.8) is 0 Å². The van der Waals surface area contributed by atoms with Crippen molar-refractivity contribution in [2.24, 2.45) is 0 Å². The molecule has 3 aromatic carbocycles. The number of H-pyrrole nitrogens is 1. The number of aromatic amines is 1. The number of amides is 2. The molecule has 0 unspecified atom stereocenters. The van der Waals surface area contributed by atoms with Gasteiger partial charge in [-0.1, -0.05) is 23.4 Å². The second-order valence-electron chi connectivity index (χ2n) is 10.4. The van der Waals surface area contributed by atoms with Crippen molar-refractivity contribution >= 4 is 34.5 Å². The van der Waals surface area contributed by atoms with Crippen molar-refractivity contribution in [2.45, 2.75) is 25.4 Å². The zero-order chi connectivity index (χ0) is 31.2. The Labute approximate surface area is 250 Å². The molecule has 0 saturated heterocycles. The SMILES string of the molecule is [NH3+]c1c(Nc2cc(CNC(=O)c3cc(C(=O)N[C@H]4CCc5cc(-c6nn[nH]n6)ccc54)n4nncc4n3)ccc2F)c(=O)c1=O. The number of quaternary nitrogens is 1. The Morgan fingerprint density at radius 3 is 2.76 bits per heavy atom. The average molecular weight is 610 g/mol. The molecule has 224 valence electrons. The van der Waals surface area contributed by atoms with Crippen LogP contribution < -0.4 is 32.5 Å². The number of tetrazole rings is 1. The third kappa shape index (κ3) is 4.95. The molecule has 3 aromatic heterocycles. The minimum atomic E-state index is -0.777. The lowest BCUT2D eigenvalue weighted by Crippen LogP contribution is -2.54. The highest BCUT2D eigenvalue weighted by atomic mass is 19.1. The largest absolute Gasteiger partial charge is 0.347 e. The maximum absolute atomic E-state index is 14.4. The Morgan fingerprint density at radius 1 is 1.09 bits per heavy atom. The molecule has 2 amide bonds. The van der Waals surface area contributed by atoms with Crippen LogP contribution in [-0.4, -0.2) is 52.2 Å². The molecule has 16 nitrogen and oxygen atoms in total. The quantitative estimate of drug-likeness (QED) is 0.144. The van der Waals surface area contributed by atoms with Gasteiger partial charge in [0.15, 0.2) is 11.3 Å². The molecule has 1 aliphatic rings. The van der Waals surface area contributed by atoms with Gasteiger partial charge in [-0.3, -0.25) is 19.2 Å². The molecular weight excluding hydrogens is 587 g/mol. The van der Waals surface area contributed by atoms with Crippen LogP contribution in [0.25, 0.3) is 17.0 Å². The Morgan fingerprint density at radius 2 is 1.96 bits per heavy atom. The maximum Gasteiger partial charge on any atom is 0.290 e. The van der Waals surface area contributed by atoms with Crippen molar-refractivity contribution < 1.29 is 19.7 Å². The monoisotopic (exact) mass is 609 g/mol. The first-order valence-corrected chi connectivity index (χ1v) is 13.6. The summed E-state index contributed by atoms with van der Waals surface area (Å²) >= 11 is 0. The first-order valence-electron chi connectivity index (χ1n) is 13.6. The molecule has 3 heterocycles. The molecule has 45 heavy (non-hydrogen) atoms. The minimum absolute atomic E-state index is 0.0273. The number of benzene rings is 2. The minimum Gasteiger partial charge on any atom is -0.347 e. The van der Waals surface area contributed by atoms with Crippen LogP contribution in [0.4, 0.5) is 21.5 Å². The second-order valence-corrected chi connectivity index (χ2v) is 10.4. The number of hydrogen-bond acceptors (Lipinski definition) is 11. The number of nitrogens with one attached hydrogen (secondary N) is 4. The fourth-order valence-electron chi connectivity index (χ4n) is 5.28. The summed E-state index contributed by atoms with van der Waals surface area (Å²) in [5, 5.41) is 30.2. The second kappa shape index (κ2) is 10.8. The van der Waals surface area contributed by atoms with E-state index in [1.165, 1.54) is 28.9 Å². The Kier molecular flexibility index (Phi) is 6.62. The van der Waals surface area contributed by atoms with Crippen molar-refractivity contribution in [2.75, 3.05) is 5.32 Å². The molecule has 0 saturated carbocycles. The molecule has 1 aliphatic carbocycles. The zero-order valence-electron chi connectivity index (χ0n) is 23.2. The van der Waals surface area contributed by atoms with E-state index in [4.69, 9.17) is 0 Å². The van der Waals surface area contributed by atoms with E-state index < -0.39 is 28.5 Å². The lowest BCUT2D eigenvalue weighted by atomic mass is 10.0. The van der Waals surface area contributed by atoms with Crippen LogP contribution in [0.2, 0.25) is 0 Å². The van der Waals surface area contributed by atoms with E-state index in [9.17, 15) is 23.6 Å². The Bertz CT molecular complexity index is 2200. The van der Waals surface area contributed by atoms with Crippen LogP contribution in [-0.2, 0) is 13.0 Å². The van der Waals surface area contributed by atoms with Gasteiger partial charge in [0.1, 0.15) is 17.2 Å². The molecule has 0 radical (unpaired) electrons. The highest BCUT2D eigenvalue weighted by molar-refractivity contribution is 5.98. The molecule has 1 atom stereocenters. The lowest BCUT2D eigenvalue weighted by molar-refractivity contribution is -0.256. The topological polar surface area (TPSA) is 230 Å². The summed E-state index contributed by atoms with van der Waals surface area (Å²) in [5.41, 5.74) is 5.35. The van der Waals surface area contributed by atoms with E-state index in [0.29, 0.717) is 17.8 Å². The zero-order valence-corrected chi connectivity index (χ0v) is 23.2. The van der Waals surface area contributed by atoms with Gasteiger partial charge in [-0.25, -0.2) is 9.37 Å². The van der Waals surface area contributed by atoms with Gasteiger partial charge in [-0.15, -0.1) is 15.3 Å². The molecule has 0 spiro atoms. The summed E-state index contributed by atoms with van der Waals surface area (Å²) in [5.74, 6) is -1.26. The van der Waals surface area contributed by atoms with Crippen molar-refractivity contribution in [3.05, 3.63) is 103 Å². The number of aryl methyl sites for hydroxylation is 1. The standard InChI is InChI=1S/C28H21FN12O4/c29-16-5-1-12(7-18(16)34-23-22(30)24(42)25(23)43)10-31-27(44)19-9-20(41-21(33-19)11-32-40-41)28(45)35-17-6-3-13-8-14(2-4-15(13)17)26-36-38-39-37-26/h1-2,4-5,7-9,11,17,34H,3,6,10,30H2,(H,31,44)(H,35,45)(H,36,37,38,39)/p+1/t17-/m0/s1. The van der Waals surface area contributed by atoms with Gasteiger partial charge in [0.25, 0.3) is 22.7 Å². The van der Waals surface area contributed by atoms with Crippen LogP contribution in [0.5, 0.6) is 0 Å². The molecule has 7 N–H and O–H groups in total. The van der Waals surface area contributed by atoms with E-state index in [1.54, 1.807) is 0 Å². The number of fused-ring (bicyclic) bond motifs is 2. The predicted molar refractivity (Wildman–Crippen MR) is 154 cm³/mol. The van der Waals surface area contributed by atoms with Gasteiger partial charge in [0.2, 0.25) is 11.5 Å². The van der Waals surface area contributed by atoms with E-state index in [1.807, 2.05) is 18.2 Å². The van der Waals surface area contributed by atoms with E-state index in [2.05, 4.69) is 57.6 Å². The third-order valence-corrected chi connectivity index (χ3v) is 7.62. The predicted octanol–water partition coefficient (Wildman–Crippen LogP) is 0.00380. The summed E-state index contributed by atoms with van der Waals surface area (Å²) in [6.07, 6.45) is 2.73. The molecule has 0 bridgehead atoms. The van der Waals surface area contributed by atoms with Crippen LogP contribution in [0.3, 0.4) is 0 Å². The van der Waals surface area contributed by atoms with Crippen LogP contribution in [0.1, 0.15) is 50.1 Å².